The van der Waals surface area contributed by atoms with Gasteiger partial charge < -0.3 is 55.8 Å². The number of thiophene rings is 1. The monoisotopic (exact) mass is 1270 g/mol. The van der Waals surface area contributed by atoms with Crippen LogP contribution in [-0.4, -0.2) is 158 Å². The van der Waals surface area contributed by atoms with Gasteiger partial charge in [-0.15, -0.1) is 11.3 Å². The van der Waals surface area contributed by atoms with E-state index in [1.807, 2.05) is 30.3 Å². The standard InChI is InChI=1S/C62H72F2N9O14PS/c1-61(2,3)39-14-12-36(13-15-39)30-45(58(81)70-27-24-35(25-28-70)8-5-6-9-37-10-7-11-42-43(37)33-72(57(42)80)47-20-23-52(75)69-54(47)77)67-53(76)44(18-22-51(65)74)66-55(78)48-19-17-41-26-29-71(60(83)87-4)34-46(59(82)73(41)48)68-56(79)50-32-38-31-40(16-21-49(38)89-50)62(63,64)88(84,85)86/h7,10-16,21,31-32,35,41,44-48H,5,8,17-20,22-30,33-34H2,1-4H3,(H2,65,74)(H,66,78)(H,67,76)(H,68,79)(H,69,75,77)(H2,84,85,86)/t41-,44+,45+,46+,47?,48+/m1/s1. The minimum absolute atomic E-state index is 0.0317. The molecule has 4 aromatic rings. The van der Waals surface area contributed by atoms with Gasteiger partial charge in [-0.3, -0.25) is 53.0 Å². The average molecular weight is 1270 g/mol. The topological polar surface area (TPSA) is 325 Å². The van der Waals surface area contributed by atoms with Crippen LogP contribution in [0.5, 0.6) is 0 Å². The first kappa shape index (κ1) is 65.3. The van der Waals surface area contributed by atoms with Gasteiger partial charge in [0.2, 0.25) is 41.4 Å². The van der Waals surface area contributed by atoms with Crippen LogP contribution in [0, 0.1) is 17.8 Å². The Hall–Kier alpha value is -8.11. The van der Waals surface area contributed by atoms with Crippen molar-refractivity contribution in [2.75, 3.05) is 33.3 Å². The molecule has 0 saturated carbocycles. The summed E-state index contributed by atoms with van der Waals surface area (Å²) >= 11 is 0.843. The number of fused-ring (bicyclic) bond motifs is 3. The molecule has 3 aromatic carbocycles. The van der Waals surface area contributed by atoms with E-state index < -0.39 is 103 Å². The molecule has 0 aliphatic carbocycles. The molecule has 0 spiro atoms. The lowest BCUT2D eigenvalue weighted by atomic mass is 9.86. The number of benzene rings is 3. The Morgan fingerprint density at radius 2 is 1.58 bits per heavy atom. The number of amides is 10. The smallest absolute Gasteiger partial charge is 0.409 e. The van der Waals surface area contributed by atoms with Crippen LogP contribution >= 0.6 is 18.9 Å². The molecule has 27 heteroatoms. The lowest BCUT2D eigenvalue weighted by Gasteiger charge is -2.38. The summed E-state index contributed by atoms with van der Waals surface area (Å²) in [6.07, 6.45) is 2.11. The number of imide groups is 1. The highest BCUT2D eigenvalue weighted by Crippen LogP contribution is 2.59. The Morgan fingerprint density at radius 1 is 0.876 bits per heavy atom. The number of carbonyl (C=O) groups is 10. The zero-order chi connectivity index (χ0) is 64.3. The first-order chi connectivity index (χ1) is 42.1. The van der Waals surface area contributed by atoms with E-state index in [4.69, 9.17) is 10.5 Å². The summed E-state index contributed by atoms with van der Waals surface area (Å²) in [6.45, 7) is 6.76. The summed E-state index contributed by atoms with van der Waals surface area (Å²) in [4.78, 5) is 160. The number of ether oxygens (including phenoxy) is 1. The highest BCUT2D eigenvalue weighted by molar-refractivity contribution is 7.52. The molecule has 6 heterocycles. The predicted octanol–water partition coefficient (Wildman–Crippen LogP) is 4.67. The highest BCUT2D eigenvalue weighted by atomic mass is 32.1. The zero-order valence-electron chi connectivity index (χ0n) is 49.7. The fraction of sp³-hybridized carbons (Fsp3) is 0.484. The van der Waals surface area contributed by atoms with E-state index >= 15 is 0 Å². The van der Waals surface area contributed by atoms with Gasteiger partial charge in [-0.05, 0) is 115 Å². The minimum atomic E-state index is -5.92. The van der Waals surface area contributed by atoms with E-state index in [9.17, 15) is 71.1 Å². The number of likely N-dealkylation sites (tertiary alicyclic amines) is 1. The summed E-state index contributed by atoms with van der Waals surface area (Å²) in [5.41, 5.74) is 3.58. The van der Waals surface area contributed by atoms with Gasteiger partial charge in [-0.1, -0.05) is 69.0 Å². The molecule has 89 heavy (non-hydrogen) atoms. The molecule has 5 aliphatic rings. The molecule has 1 aromatic heterocycles. The Kier molecular flexibility index (Phi) is 19.8. The second-order valence-corrected chi connectivity index (χ2v) is 27.0. The normalized spacial score (nSPS) is 20.7. The van der Waals surface area contributed by atoms with Crippen LogP contribution in [0.25, 0.3) is 10.1 Å². The second kappa shape index (κ2) is 26.9. The van der Waals surface area contributed by atoms with Crippen molar-refractivity contribution in [2.45, 2.75) is 152 Å². The van der Waals surface area contributed by atoms with E-state index in [0.29, 0.717) is 48.2 Å². The van der Waals surface area contributed by atoms with E-state index in [0.717, 1.165) is 53.7 Å². The number of nitrogens with zero attached hydrogens (tertiary/aromatic N) is 4. The molecule has 4 saturated heterocycles. The third kappa shape index (κ3) is 14.8. The number of carbonyl (C=O) groups excluding carboxylic acids is 10. The maximum atomic E-state index is 14.8. The van der Waals surface area contributed by atoms with Crippen molar-refractivity contribution >= 4 is 88.3 Å². The number of halogens is 2. The number of piperidine rings is 2. The second-order valence-electron chi connectivity index (χ2n) is 24.3. The van der Waals surface area contributed by atoms with E-state index in [2.05, 4.69) is 53.9 Å². The van der Waals surface area contributed by atoms with Crippen molar-refractivity contribution in [2.24, 2.45) is 11.7 Å². The molecule has 474 valence electrons. The van der Waals surface area contributed by atoms with Gasteiger partial charge in [-0.2, -0.15) is 8.78 Å². The van der Waals surface area contributed by atoms with Gasteiger partial charge in [0.05, 0.1) is 18.5 Å². The van der Waals surface area contributed by atoms with Crippen molar-refractivity contribution in [3.63, 3.8) is 0 Å². The molecular weight excluding hydrogens is 1200 g/mol. The Labute approximate surface area is 516 Å². The fourth-order valence-electron chi connectivity index (χ4n) is 12.2. The Bertz CT molecular complexity index is 3590. The number of hydrogen-bond donors (Lipinski definition) is 7. The molecule has 6 atom stereocenters. The van der Waals surface area contributed by atoms with Crippen LogP contribution in [0.2, 0.25) is 0 Å². The maximum absolute atomic E-state index is 14.8. The number of alkyl halides is 2. The number of rotatable bonds is 17. The van der Waals surface area contributed by atoms with Gasteiger partial charge >= 0.3 is 19.4 Å². The maximum Gasteiger partial charge on any atom is 0.409 e. The number of hydrogen-bond acceptors (Lipinski definition) is 13. The van der Waals surface area contributed by atoms with Crippen molar-refractivity contribution < 1.29 is 75.8 Å². The number of nitrogens with one attached hydrogen (secondary N) is 4. The molecule has 0 bridgehead atoms. The molecular formula is C62H72F2N9O14PS. The summed E-state index contributed by atoms with van der Waals surface area (Å²) in [6, 6.07) is 10.3. The highest BCUT2D eigenvalue weighted by Gasteiger charge is 2.51. The Balaban J connectivity index is 0.877. The molecule has 0 radical (unpaired) electrons. The average Bonchev–Trinajstić information content (AvgIpc) is 1.75. The van der Waals surface area contributed by atoms with Crippen LogP contribution < -0.4 is 27.0 Å². The molecule has 23 nitrogen and oxygen atoms in total. The van der Waals surface area contributed by atoms with Gasteiger partial charge in [0.1, 0.15) is 30.2 Å². The van der Waals surface area contributed by atoms with Gasteiger partial charge in [0.15, 0.2) is 0 Å². The number of methoxy groups -OCH3 is 1. The predicted molar refractivity (Wildman–Crippen MR) is 320 cm³/mol. The quantitative estimate of drug-likeness (QED) is 0.0430. The SMILES string of the molecule is COC(=O)N1CC[C@H]2CC[C@@H](C(=O)N[C@@H](CCC(N)=O)C(=O)N[C@@H](Cc3ccc(C(C)(C)C)cc3)C(=O)N3CCC(CCC#Cc4cccc5c4CN(C4CCC(=O)NC4=O)C5=O)CC3)N2C(=O)[C@@H](NC(=O)c2cc3cc(C(F)(F)P(=O)(O)O)ccc3s2)C1. The third-order valence-corrected chi connectivity index (χ3v) is 19.4. The molecule has 10 amide bonds. The first-order valence-electron chi connectivity index (χ1n) is 29.6. The molecule has 1 unspecified atom stereocenters. The van der Waals surface area contributed by atoms with Crippen molar-refractivity contribution in [1.29, 1.82) is 0 Å². The number of primary amides is 1. The van der Waals surface area contributed by atoms with Crippen LogP contribution in [0.15, 0.2) is 66.7 Å². The minimum Gasteiger partial charge on any atom is -0.453 e. The van der Waals surface area contributed by atoms with Crippen molar-refractivity contribution in [3.05, 3.63) is 105 Å². The largest absolute Gasteiger partial charge is 0.453 e. The van der Waals surface area contributed by atoms with Crippen LogP contribution in [-0.2, 0) is 66.9 Å². The lowest BCUT2D eigenvalue weighted by Crippen LogP contribution is -2.62. The van der Waals surface area contributed by atoms with Gasteiger partial charge in [0.25, 0.3) is 11.8 Å². The van der Waals surface area contributed by atoms with Crippen LogP contribution in [0.1, 0.15) is 139 Å². The van der Waals surface area contributed by atoms with Crippen molar-refractivity contribution in [1.82, 2.24) is 40.9 Å². The third-order valence-electron chi connectivity index (χ3n) is 17.3. The summed E-state index contributed by atoms with van der Waals surface area (Å²) in [7, 11) is -4.78. The lowest BCUT2D eigenvalue weighted by molar-refractivity contribution is -0.144. The van der Waals surface area contributed by atoms with E-state index in [1.54, 1.807) is 17.0 Å². The fourth-order valence-corrected chi connectivity index (χ4v) is 13.7. The molecule has 9 rings (SSSR count). The van der Waals surface area contributed by atoms with Gasteiger partial charge in [0, 0.05) is 79.3 Å². The summed E-state index contributed by atoms with van der Waals surface area (Å²) < 4.78 is 46.2. The zero-order valence-corrected chi connectivity index (χ0v) is 51.4. The van der Waals surface area contributed by atoms with E-state index in [-0.39, 0.29) is 104 Å². The van der Waals surface area contributed by atoms with E-state index in [1.165, 1.54) is 26.8 Å². The Morgan fingerprint density at radius 3 is 2.26 bits per heavy atom. The summed E-state index contributed by atoms with van der Waals surface area (Å²) in [5.74, 6) is 1.21. The molecule has 4 fully saturated rings. The molecule has 8 N–H and O–H groups in total. The first-order valence-corrected chi connectivity index (χ1v) is 32.0. The van der Waals surface area contributed by atoms with Crippen LogP contribution in [0.4, 0.5) is 13.6 Å². The molecule has 5 aliphatic heterocycles. The number of nitrogens with two attached hydrogens (primary N) is 1. The van der Waals surface area contributed by atoms with Crippen molar-refractivity contribution in [3.8, 4) is 11.8 Å². The van der Waals surface area contributed by atoms with Crippen LogP contribution in [0.3, 0.4) is 0 Å². The van der Waals surface area contributed by atoms with Gasteiger partial charge in [-0.25, -0.2) is 4.79 Å². The summed E-state index contributed by atoms with van der Waals surface area (Å²) in [5, 5.41) is 10.6.